The van der Waals surface area contributed by atoms with Crippen LogP contribution in [-0.2, 0) is 9.59 Å². The van der Waals surface area contributed by atoms with E-state index in [0.717, 1.165) is 56.8 Å². The van der Waals surface area contributed by atoms with Crippen molar-refractivity contribution in [3.05, 3.63) is 29.8 Å². The van der Waals surface area contributed by atoms with Crippen LogP contribution in [0.3, 0.4) is 0 Å². The fraction of sp³-hybridized carbons (Fsp3) is 0.550. The average molecular weight is 370 g/mol. The summed E-state index contributed by atoms with van der Waals surface area (Å²) >= 11 is 0. The zero-order valence-corrected chi connectivity index (χ0v) is 15.8. The third-order valence-electron chi connectivity index (χ3n) is 5.94. The molecule has 4 amide bonds. The molecule has 7 nitrogen and oxygen atoms in total. The summed E-state index contributed by atoms with van der Waals surface area (Å²) in [5, 5.41) is 0. The number of hydrogen-bond donors (Lipinski definition) is 0. The maximum atomic E-state index is 12.7. The fourth-order valence-electron chi connectivity index (χ4n) is 4.38. The lowest BCUT2D eigenvalue weighted by atomic mass is 10.1. The number of benzene rings is 1. The standard InChI is InChI=1S/C20H26N4O3/c1-15-6-2-5-9-17(15)22-12-10-21(11-13-22)14-23-18(25)19(26)24(20(23)27)16-7-3-4-8-16/h2,5-6,9,16H,3-4,7-8,10-14H2,1H3. The number of carbonyl (C=O) groups excluding carboxylic acids is 3. The number of piperazine rings is 1. The molecule has 0 N–H and O–H groups in total. The molecular weight excluding hydrogens is 344 g/mol. The van der Waals surface area contributed by atoms with Crippen molar-refractivity contribution in [2.45, 2.75) is 38.6 Å². The van der Waals surface area contributed by atoms with Gasteiger partial charge in [-0.15, -0.1) is 0 Å². The second-order valence-corrected chi connectivity index (χ2v) is 7.66. The fourth-order valence-corrected chi connectivity index (χ4v) is 4.38. The van der Waals surface area contributed by atoms with E-state index in [1.807, 2.05) is 12.1 Å². The Morgan fingerprint density at radius 3 is 2.26 bits per heavy atom. The van der Waals surface area contributed by atoms with Crippen molar-refractivity contribution >= 4 is 23.5 Å². The van der Waals surface area contributed by atoms with Gasteiger partial charge in [0.25, 0.3) is 0 Å². The Hall–Kier alpha value is -2.41. The van der Waals surface area contributed by atoms with Gasteiger partial charge >= 0.3 is 17.8 Å². The van der Waals surface area contributed by atoms with E-state index < -0.39 is 17.8 Å². The minimum atomic E-state index is -0.673. The molecule has 2 heterocycles. The van der Waals surface area contributed by atoms with Crippen LogP contribution in [0.2, 0.25) is 0 Å². The molecule has 2 aliphatic heterocycles. The maximum Gasteiger partial charge on any atom is 0.335 e. The minimum Gasteiger partial charge on any atom is -0.369 e. The van der Waals surface area contributed by atoms with Crippen LogP contribution < -0.4 is 4.90 Å². The molecule has 144 valence electrons. The van der Waals surface area contributed by atoms with Crippen LogP contribution in [-0.4, -0.2) is 71.4 Å². The van der Waals surface area contributed by atoms with E-state index in [2.05, 4.69) is 28.9 Å². The molecule has 0 spiro atoms. The van der Waals surface area contributed by atoms with Gasteiger partial charge in [0.1, 0.15) is 0 Å². The smallest absolute Gasteiger partial charge is 0.335 e. The Morgan fingerprint density at radius 1 is 0.926 bits per heavy atom. The van der Waals surface area contributed by atoms with Crippen LogP contribution in [0.4, 0.5) is 10.5 Å². The van der Waals surface area contributed by atoms with Gasteiger partial charge in [-0.3, -0.25) is 19.4 Å². The van der Waals surface area contributed by atoms with Crippen molar-refractivity contribution in [3.8, 4) is 0 Å². The highest BCUT2D eigenvalue weighted by atomic mass is 16.2. The Bertz CT molecular complexity index is 751. The summed E-state index contributed by atoms with van der Waals surface area (Å²) in [5.41, 5.74) is 2.47. The first-order valence-electron chi connectivity index (χ1n) is 9.78. The van der Waals surface area contributed by atoms with E-state index in [1.54, 1.807) is 0 Å². The first-order chi connectivity index (χ1) is 13.1. The first-order valence-corrected chi connectivity index (χ1v) is 9.78. The Morgan fingerprint density at radius 2 is 1.59 bits per heavy atom. The summed E-state index contributed by atoms with van der Waals surface area (Å²) in [7, 11) is 0. The van der Waals surface area contributed by atoms with Gasteiger partial charge in [-0.1, -0.05) is 31.0 Å². The van der Waals surface area contributed by atoms with Gasteiger partial charge in [-0.2, -0.15) is 0 Å². The first kappa shape index (κ1) is 18.0. The highest BCUT2D eigenvalue weighted by Gasteiger charge is 2.48. The minimum absolute atomic E-state index is 0.100. The van der Waals surface area contributed by atoms with E-state index in [-0.39, 0.29) is 12.7 Å². The molecule has 0 aromatic heterocycles. The summed E-state index contributed by atoms with van der Waals surface area (Å²) in [5.74, 6) is -1.32. The molecular formula is C20H26N4O3. The van der Waals surface area contributed by atoms with Gasteiger partial charge in [0.15, 0.2) is 0 Å². The van der Waals surface area contributed by atoms with Crippen LogP contribution in [0.15, 0.2) is 24.3 Å². The molecule has 0 unspecified atom stereocenters. The Balaban J connectivity index is 1.37. The van der Waals surface area contributed by atoms with E-state index in [1.165, 1.54) is 16.2 Å². The average Bonchev–Trinajstić information content (AvgIpc) is 3.26. The van der Waals surface area contributed by atoms with E-state index in [4.69, 9.17) is 0 Å². The van der Waals surface area contributed by atoms with Crippen molar-refractivity contribution in [1.82, 2.24) is 14.7 Å². The van der Waals surface area contributed by atoms with Crippen LogP contribution >= 0.6 is 0 Å². The lowest BCUT2D eigenvalue weighted by Gasteiger charge is -2.37. The predicted octanol–water partition coefficient (Wildman–Crippen LogP) is 1.81. The topological polar surface area (TPSA) is 64.2 Å². The zero-order valence-electron chi connectivity index (χ0n) is 15.8. The molecule has 7 heteroatoms. The van der Waals surface area contributed by atoms with E-state index in [0.29, 0.717) is 0 Å². The molecule has 1 saturated carbocycles. The van der Waals surface area contributed by atoms with Crippen molar-refractivity contribution in [1.29, 1.82) is 0 Å². The van der Waals surface area contributed by atoms with E-state index >= 15 is 0 Å². The molecule has 27 heavy (non-hydrogen) atoms. The molecule has 0 radical (unpaired) electrons. The molecule has 0 bridgehead atoms. The van der Waals surface area contributed by atoms with Gasteiger partial charge in [0.2, 0.25) is 0 Å². The highest BCUT2D eigenvalue weighted by Crippen LogP contribution is 2.28. The van der Waals surface area contributed by atoms with Crippen molar-refractivity contribution in [2.75, 3.05) is 37.7 Å². The summed E-state index contributed by atoms with van der Waals surface area (Å²) in [6.45, 7) is 5.48. The van der Waals surface area contributed by atoms with Crippen LogP contribution in [0, 0.1) is 6.92 Å². The van der Waals surface area contributed by atoms with Gasteiger partial charge in [0.05, 0.1) is 6.67 Å². The third kappa shape index (κ3) is 3.32. The lowest BCUT2D eigenvalue weighted by Crippen LogP contribution is -2.51. The number of nitrogens with zero attached hydrogens (tertiary/aromatic N) is 4. The van der Waals surface area contributed by atoms with Gasteiger partial charge in [0, 0.05) is 37.9 Å². The number of anilines is 1. The summed E-state index contributed by atoms with van der Waals surface area (Å²) in [6.07, 6.45) is 3.65. The van der Waals surface area contributed by atoms with Crippen molar-refractivity contribution in [3.63, 3.8) is 0 Å². The number of para-hydroxylation sites is 1. The summed E-state index contributed by atoms with van der Waals surface area (Å²) in [6, 6.07) is 7.77. The molecule has 2 saturated heterocycles. The van der Waals surface area contributed by atoms with Gasteiger partial charge in [-0.05, 0) is 31.4 Å². The second-order valence-electron chi connectivity index (χ2n) is 7.66. The molecule has 0 atom stereocenters. The number of amides is 4. The number of hydrogen-bond acceptors (Lipinski definition) is 5. The van der Waals surface area contributed by atoms with Crippen LogP contribution in [0.5, 0.6) is 0 Å². The molecule has 3 aliphatic rings. The monoisotopic (exact) mass is 370 g/mol. The number of carbonyl (C=O) groups is 3. The Labute approximate surface area is 159 Å². The number of rotatable bonds is 4. The molecule has 1 aromatic rings. The van der Waals surface area contributed by atoms with Crippen LogP contribution in [0.1, 0.15) is 31.2 Å². The summed E-state index contributed by atoms with van der Waals surface area (Å²) < 4.78 is 0. The highest BCUT2D eigenvalue weighted by molar-refractivity contribution is 6.44. The number of imide groups is 2. The van der Waals surface area contributed by atoms with E-state index in [9.17, 15) is 14.4 Å². The lowest BCUT2D eigenvalue weighted by molar-refractivity contribution is -0.144. The molecule has 4 rings (SSSR count). The number of aryl methyl sites for hydroxylation is 1. The van der Waals surface area contributed by atoms with Gasteiger partial charge < -0.3 is 4.90 Å². The zero-order chi connectivity index (χ0) is 19.0. The molecule has 1 aliphatic carbocycles. The predicted molar refractivity (Wildman–Crippen MR) is 101 cm³/mol. The molecule has 1 aromatic carbocycles. The molecule has 3 fully saturated rings. The van der Waals surface area contributed by atoms with Crippen molar-refractivity contribution < 1.29 is 14.4 Å². The quantitative estimate of drug-likeness (QED) is 0.597. The number of urea groups is 1. The second kappa shape index (κ2) is 7.31. The largest absolute Gasteiger partial charge is 0.369 e. The maximum absolute atomic E-state index is 12.7. The third-order valence-corrected chi connectivity index (χ3v) is 5.94. The van der Waals surface area contributed by atoms with Crippen molar-refractivity contribution in [2.24, 2.45) is 0 Å². The van der Waals surface area contributed by atoms with Crippen LogP contribution in [0.25, 0.3) is 0 Å². The van der Waals surface area contributed by atoms with Gasteiger partial charge in [-0.25, -0.2) is 9.69 Å². The SMILES string of the molecule is Cc1ccccc1N1CCN(CN2C(=O)C(=O)N(C3CCCC3)C2=O)CC1. The summed E-state index contributed by atoms with van der Waals surface area (Å²) in [4.78, 5) is 44.1. The normalized spacial score (nSPS) is 22.4. The Kier molecular flexibility index (Phi) is 4.86.